The minimum Gasteiger partial charge on any atom is -0.322 e. The molecule has 1 saturated carbocycles. The molecule has 162 valence electrons. The predicted octanol–water partition coefficient (Wildman–Crippen LogP) is 4.33. The van der Waals surface area contributed by atoms with Gasteiger partial charge in [0.15, 0.2) is 0 Å². The van der Waals surface area contributed by atoms with Crippen LogP contribution >= 0.6 is 0 Å². The summed E-state index contributed by atoms with van der Waals surface area (Å²) in [6.45, 7) is 1.79. The molecule has 1 aliphatic carbocycles. The van der Waals surface area contributed by atoms with Crippen molar-refractivity contribution < 1.29 is 4.39 Å². The number of nitrogens with two attached hydrogens (primary N) is 1. The third-order valence-corrected chi connectivity index (χ3v) is 6.31. The van der Waals surface area contributed by atoms with Gasteiger partial charge in [-0.3, -0.25) is 13.9 Å². The molecule has 1 atom stereocenters. The Labute approximate surface area is 181 Å². The van der Waals surface area contributed by atoms with Crippen molar-refractivity contribution in [2.75, 3.05) is 0 Å². The molecule has 0 spiro atoms. The summed E-state index contributed by atoms with van der Waals surface area (Å²) in [6, 6.07) is 15.1. The Hall–Kier alpha value is -2.99. The van der Waals surface area contributed by atoms with Crippen LogP contribution in [0.4, 0.5) is 4.39 Å². The number of nitrogens with zero attached hydrogens (tertiary/aromatic N) is 2. The summed E-state index contributed by atoms with van der Waals surface area (Å²) in [5.41, 5.74) is 7.34. The molecule has 1 heterocycles. The Morgan fingerprint density at radius 2 is 1.65 bits per heavy atom. The number of benzene rings is 2. The van der Waals surface area contributed by atoms with Gasteiger partial charge in [-0.05, 0) is 31.4 Å². The lowest BCUT2D eigenvalue weighted by atomic mass is 9.94. The highest BCUT2D eigenvalue weighted by atomic mass is 19.1. The second-order valence-corrected chi connectivity index (χ2v) is 8.32. The van der Waals surface area contributed by atoms with E-state index in [9.17, 15) is 14.0 Å². The Morgan fingerprint density at radius 3 is 2.32 bits per heavy atom. The summed E-state index contributed by atoms with van der Waals surface area (Å²) in [5, 5.41) is 0. The monoisotopic (exact) mass is 421 g/mol. The van der Waals surface area contributed by atoms with Gasteiger partial charge in [-0.2, -0.15) is 0 Å². The molecule has 0 amide bonds. The van der Waals surface area contributed by atoms with E-state index in [1.165, 1.54) is 10.6 Å². The van der Waals surface area contributed by atoms with Crippen LogP contribution in [-0.2, 0) is 6.54 Å². The van der Waals surface area contributed by atoms with Crippen LogP contribution in [0.2, 0.25) is 0 Å². The summed E-state index contributed by atoms with van der Waals surface area (Å²) >= 11 is 0. The molecular weight excluding hydrogens is 393 g/mol. The van der Waals surface area contributed by atoms with Crippen molar-refractivity contribution in [3.8, 4) is 11.1 Å². The topological polar surface area (TPSA) is 70.0 Å². The number of aromatic nitrogens is 2. The molecule has 31 heavy (non-hydrogen) atoms. The fraction of sp³-hybridized carbons (Fsp3) is 0.360. The fourth-order valence-electron chi connectivity index (χ4n) is 4.68. The van der Waals surface area contributed by atoms with Crippen LogP contribution in [-0.4, -0.2) is 9.13 Å². The van der Waals surface area contributed by atoms with Crippen molar-refractivity contribution in [1.29, 1.82) is 0 Å². The van der Waals surface area contributed by atoms with Gasteiger partial charge in [-0.15, -0.1) is 0 Å². The zero-order chi connectivity index (χ0) is 22.0. The average molecular weight is 422 g/mol. The van der Waals surface area contributed by atoms with Gasteiger partial charge in [0, 0.05) is 23.3 Å². The first kappa shape index (κ1) is 21.2. The molecule has 0 radical (unpaired) electrons. The molecule has 2 aromatic carbocycles. The van der Waals surface area contributed by atoms with Crippen molar-refractivity contribution in [3.05, 3.63) is 92.5 Å². The fourth-order valence-corrected chi connectivity index (χ4v) is 4.68. The number of hydrogen-bond acceptors (Lipinski definition) is 3. The first-order valence-electron chi connectivity index (χ1n) is 10.9. The molecule has 6 heteroatoms. The van der Waals surface area contributed by atoms with E-state index in [0.717, 1.165) is 37.7 Å². The minimum absolute atomic E-state index is 0.00609. The van der Waals surface area contributed by atoms with Crippen molar-refractivity contribution in [3.63, 3.8) is 0 Å². The van der Waals surface area contributed by atoms with E-state index in [1.807, 2.05) is 30.3 Å². The van der Waals surface area contributed by atoms with Crippen LogP contribution < -0.4 is 17.0 Å². The number of hydrogen-bond donors (Lipinski definition) is 1. The minimum atomic E-state index is -0.525. The third kappa shape index (κ3) is 4.12. The van der Waals surface area contributed by atoms with Crippen molar-refractivity contribution in [2.45, 2.75) is 57.7 Å². The maximum Gasteiger partial charge on any atom is 0.331 e. The Balaban J connectivity index is 1.91. The second-order valence-electron chi connectivity index (χ2n) is 8.32. The highest BCUT2D eigenvalue weighted by Crippen LogP contribution is 2.30. The largest absolute Gasteiger partial charge is 0.331 e. The summed E-state index contributed by atoms with van der Waals surface area (Å²) < 4.78 is 17.6. The molecule has 2 N–H and O–H groups in total. The lowest BCUT2D eigenvalue weighted by Gasteiger charge is -2.28. The maximum absolute atomic E-state index is 14.7. The van der Waals surface area contributed by atoms with Crippen molar-refractivity contribution >= 4 is 0 Å². The maximum atomic E-state index is 14.7. The van der Waals surface area contributed by atoms with Gasteiger partial charge in [0.1, 0.15) is 5.82 Å². The highest BCUT2D eigenvalue weighted by Gasteiger charge is 2.26. The summed E-state index contributed by atoms with van der Waals surface area (Å²) in [4.78, 5) is 27.0. The van der Waals surface area contributed by atoms with E-state index in [2.05, 4.69) is 0 Å². The van der Waals surface area contributed by atoms with E-state index < -0.39 is 17.4 Å². The van der Waals surface area contributed by atoms with Crippen molar-refractivity contribution in [1.82, 2.24) is 9.13 Å². The summed E-state index contributed by atoms with van der Waals surface area (Å²) in [5.74, 6) is -0.476. The molecule has 4 rings (SSSR count). The smallest absolute Gasteiger partial charge is 0.322 e. The van der Waals surface area contributed by atoms with Crippen LogP contribution in [0.3, 0.4) is 0 Å². The first-order chi connectivity index (χ1) is 15.0. The van der Waals surface area contributed by atoms with Gasteiger partial charge < -0.3 is 5.73 Å². The van der Waals surface area contributed by atoms with Gasteiger partial charge >= 0.3 is 5.69 Å². The number of halogens is 1. The molecular formula is C25H28FN3O2. The third-order valence-electron chi connectivity index (χ3n) is 6.31. The van der Waals surface area contributed by atoms with Crippen LogP contribution in [0.1, 0.15) is 55.4 Å². The molecule has 0 aliphatic heterocycles. The summed E-state index contributed by atoms with van der Waals surface area (Å²) in [6.07, 6.45) is 4.96. The van der Waals surface area contributed by atoms with E-state index >= 15 is 0 Å². The SMILES string of the molecule is Cc1c(-c2ccccc2F)c(=O)n(C[C@H](N)c2ccccc2)c(=O)n1C1CCCCC1. The quantitative estimate of drug-likeness (QED) is 0.667. The van der Waals surface area contributed by atoms with Crippen LogP contribution in [0.25, 0.3) is 11.1 Å². The van der Waals surface area contributed by atoms with Gasteiger partial charge in [0.2, 0.25) is 0 Å². The Morgan fingerprint density at radius 1 is 1.00 bits per heavy atom. The van der Waals surface area contributed by atoms with Gasteiger partial charge in [0.05, 0.1) is 12.1 Å². The molecule has 1 aliphatic rings. The lowest BCUT2D eigenvalue weighted by molar-refractivity contribution is 0.327. The van der Waals surface area contributed by atoms with Gasteiger partial charge in [-0.25, -0.2) is 9.18 Å². The number of rotatable bonds is 5. The van der Waals surface area contributed by atoms with Crippen LogP contribution in [0.15, 0.2) is 64.2 Å². The molecule has 1 aromatic heterocycles. The predicted molar refractivity (Wildman–Crippen MR) is 121 cm³/mol. The molecule has 3 aromatic rings. The standard InChI is InChI=1S/C25H28FN3O2/c1-17-23(20-14-8-9-15-21(20)26)24(30)28(16-22(27)18-10-4-2-5-11-18)25(31)29(17)19-12-6-3-7-13-19/h2,4-5,8-11,14-15,19,22H,3,6-7,12-13,16,27H2,1H3/t22-/m0/s1. The van der Waals surface area contributed by atoms with E-state index in [1.54, 1.807) is 29.7 Å². The van der Waals surface area contributed by atoms with Crippen molar-refractivity contribution in [2.24, 2.45) is 5.73 Å². The normalized spacial score (nSPS) is 15.7. The Bertz CT molecular complexity index is 1180. The van der Waals surface area contributed by atoms with E-state index in [-0.39, 0.29) is 29.4 Å². The highest BCUT2D eigenvalue weighted by molar-refractivity contribution is 5.65. The first-order valence-corrected chi connectivity index (χ1v) is 10.9. The van der Waals surface area contributed by atoms with Gasteiger partial charge in [-0.1, -0.05) is 67.8 Å². The Kier molecular flexibility index (Phi) is 6.18. The lowest BCUT2D eigenvalue weighted by Crippen LogP contribution is -2.45. The molecule has 0 saturated heterocycles. The molecule has 0 bridgehead atoms. The molecule has 5 nitrogen and oxygen atoms in total. The molecule has 1 fully saturated rings. The zero-order valence-corrected chi connectivity index (χ0v) is 17.8. The van der Waals surface area contributed by atoms with E-state index in [4.69, 9.17) is 5.73 Å². The zero-order valence-electron chi connectivity index (χ0n) is 17.8. The van der Waals surface area contributed by atoms with E-state index in [0.29, 0.717) is 5.69 Å². The van der Waals surface area contributed by atoms with Crippen LogP contribution in [0.5, 0.6) is 0 Å². The van der Waals surface area contributed by atoms with Gasteiger partial charge in [0.25, 0.3) is 5.56 Å². The summed E-state index contributed by atoms with van der Waals surface area (Å²) in [7, 11) is 0. The average Bonchev–Trinajstić information content (AvgIpc) is 2.79. The molecule has 0 unspecified atom stereocenters. The van der Waals surface area contributed by atoms with Crippen LogP contribution in [0, 0.1) is 12.7 Å². The second kappa shape index (κ2) is 9.02.